The third-order valence-corrected chi connectivity index (χ3v) is 3.60. The summed E-state index contributed by atoms with van der Waals surface area (Å²) in [7, 11) is 0. The number of hydrogen-bond acceptors (Lipinski definition) is 5. The molecule has 0 radical (unpaired) electrons. The molecule has 0 bridgehead atoms. The Bertz CT molecular complexity index is 639. The van der Waals surface area contributed by atoms with Crippen LogP contribution in [0.2, 0.25) is 0 Å². The number of aryl methyl sites for hydroxylation is 2. The Morgan fingerprint density at radius 2 is 2.25 bits per heavy atom. The maximum Gasteiger partial charge on any atom is 0.258 e. The molecule has 0 aromatic carbocycles. The van der Waals surface area contributed by atoms with Crippen LogP contribution in [0.4, 0.5) is 0 Å². The first kappa shape index (κ1) is 10.8. The molecule has 2 heterocycles. The number of nitrogens with zero attached hydrogens (tertiary/aromatic N) is 3. The minimum atomic E-state index is -0.103. The van der Waals surface area contributed by atoms with Gasteiger partial charge < -0.3 is 5.21 Å². The standard InChI is InChI=1S/C10H11N3O2S/c1-5-4-8(14)13-7(3)9(6(2)12-15)16-10(13)11-5/h4,15H,1-3H3/b12-6-. The van der Waals surface area contributed by atoms with Crippen LogP contribution in [0.3, 0.4) is 0 Å². The molecule has 0 fully saturated rings. The van der Waals surface area contributed by atoms with Crippen molar-refractivity contribution in [2.24, 2.45) is 5.16 Å². The lowest BCUT2D eigenvalue weighted by atomic mass is 10.3. The van der Waals surface area contributed by atoms with Gasteiger partial charge in [0.25, 0.3) is 5.56 Å². The quantitative estimate of drug-likeness (QED) is 0.465. The highest BCUT2D eigenvalue weighted by molar-refractivity contribution is 7.19. The number of aromatic nitrogens is 2. The molecule has 0 atom stereocenters. The van der Waals surface area contributed by atoms with Crippen molar-refractivity contribution in [3.8, 4) is 0 Å². The van der Waals surface area contributed by atoms with E-state index in [1.165, 1.54) is 21.8 Å². The van der Waals surface area contributed by atoms with E-state index in [2.05, 4.69) is 10.1 Å². The van der Waals surface area contributed by atoms with Gasteiger partial charge in [-0.2, -0.15) is 0 Å². The van der Waals surface area contributed by atoms with Crippen molar-refractivity contribution in [1.82, 2.24) is 9.38 Å². The number of thiazole rings is 1. The van der Waals surface area contributed by atoms with Gasteiger partial charge in [-0.15, -0.1) is 0 Å². The van der Waals surface area contributed by atoms with Gasteiger partial charge in [0, 0.05) is 17.5 Å². The van der Waals surface area contributed by atoms with Gasteiger partial charge >= 0.3 is 0 Å². The second kappa shape index (κ2) is 3.71. The molecule has 0 amide bonds. The van der Waals surface area contributed by atoms with Crippen LogP contribution >= 0.6 is 11.3 Å². The van der Waals surface area contributed by atoms with E-state index >= 15 is 0 Å². The van der Waals surface area contributed by atoms with Crippen molar-refractivity contribution in [1.29, 1.82) is 0 Å². The molecule has 2 aromatic rings. The van der Waals surface area contributed by atoms with Crippen LogP contribution in [-0.4, -0.2) is 20.3 Å². The first-order chi connectivity index (χ1) is 7.54. The Morgan fingerprint density at radius 3 is 2.88 bits per heavy atom. The number of fused-ring (bicyclic) bond motifs is 1. The average molecular weight is 237 g/mol. The van der Waals surface area contributed by atoms with Crippen LogP contribution in [0.5, 0.6) is 0 Å². The second-order valence-corrected chi connectivity index (χ2v) is 4.53. The molecule has 0 aliphatic carbocycles. The Hall–Kier alpha value is -1.69. The zero-order valence-corrected chi connectivity index (χ0v) is 10.00. The summed E-state index contributed by atoms with van der Waals surface area (Å²) in [6, 6.07) is 1.49. The van der Waals surface area contributed by atoms with E-state index in [9.17, 15) is 4.79 Å². The molecule has 16 heavy (non-hydrogen) atoms. The van der Waals surface area contributed by atoms with Gasteiger partial charge in [0.15, 0.2) is 4.96 Å². The zero-order chi connectivity index (χ0) is 11.9. The summed E-state index contributed by atoms with van der Waals surface area (Å²) in [4.78, 5) is 17.5. The molecule has 2 rings (SSSR count). The lowest BCUT2D eigenvalue weighted by Crippen LogP contribution is -2.14. The highest BCUT2D eigenvalue weighted by Gasteiger charge is 2.13. The minimum Gasteiger partial charge on any atom is -0.411 e. The molecule has 0 aliphatic heterocycles. The van der Waals surface area contributed by atoms with Crippen LogP contribution in [0.1, 0.15) is 23.2 Å². The van der Waals surface area contributed by atoms with Gasteiger partial charge in [-0.1, -0.05) is 16.5 Å². The van der Waals surface area contributed by atoms with Crippen LogP contribution in [0, 0.1) is 13.8 Å². The summed E-state index contributed by atoms with van der Waals surface area (Å²) in [5.74, 6) is 0. The smallest absolute Gasteiger partial charge is 0.258 e. The van der Waals surface area contributed by atoms with Gasteiger partial charge in [0.2, 0.25) is 0 Å². The van der Waals surface area contributed by atoms with Gasteiger partial charge in [-0.25, -0.2) is 4.98 Å². The molecule has 6 heteroatoms. The predicted molar refractivity (Wildman–Crippen MR) is 62.8 cm³/mol. The van der Waals surface area contributed by atoms with Crippen LogP contribution in [0.15, 0.2) is 16.0 Å². The predicted octanol–water partition coefficient (Wildman–Crippen LogP) is 1.57. The third-order valence-electron chi connectivity index (χ3n) is 2.35. The molecule has 2 aromatic heterocycles. The third kappa shape index (κ3) is 1.51. The summed E-state index contributed by atoms with van der Waals surface area (Å²) in [5, 5.41) is 11.9. The number of oxime groups is 1. The molecule has 1 N–H and O–H groups in total. The topological polar surface area (TPSA) is 67.0 Å². The fraction of sp³-hybridized carbons (Fsp3) is 0.300. The van der Waals surface area contributed by atoms with Crippen molar-refractivity contribution in [2.45, 2.75) is 20.8 Å². The van der Waals surface area contributed by atoms with Gasteiger partial charge in [-0.05, 0) is 20.8 Å². The fourth-order valence-electron chi connectivity index (χ4n) is 1.60. The van der Waals surface area contributed by atoms with E-state index < -0.39 is 0 Å². The second-order valence-electron chi connectivity index (χ2n) is 3.56. The number of rotatable bonds is 1. The lowest BCUT2D eigenvalue weighted by Gasteiger charge is -1.96. The summed E-state index contributed by atoms with van der Waals surface area (Å²) >= 11 is 1.35. The molecule has 0 unspecified atom stereocenters. The van der Waals surface area contributed by atoms with Crippen molar-refractivity contribution in [2.75, 3.05) is 0 Å². The van der Waals surface area contributed by atoms with Crippen molar-refractivity contribution >= 4 is 22.0 Å². The van der Waals surface area contributed by atoms with E-state index in [-0.39, 0.29) is 5.56 Å². The fourth-order valence-corrected chi connectivity index (χ4v) is 2.71. The van der Waals surface area contributed by atoms with Crippen molar-refractivity contribution in [3.05, 3.63) is 32.7 Å². The molecular formula is C10H11N3O2S. The maximum absolute atomic E-state index is 11.8. The van der Waals surface area contributed by atoms with Crippen LogP contribution in [-0.2, 0) is 0 Å². The average Bonchev–Trinajstić information content (AvgIpc) is 2.54. The normalized spacial score (nSPS) is 12.3. The molecular weight excluding hydrogens is 226 g/mol. The van der Waals surface area contributed by atoms with E-state index in [4.69, 9.17) is 5.21 Å². The lowest BCUT2D eigenvalue weighted by molar-refractivity contribution is 0.319. The van der Waals surface area contributed by atoms with Gasteiger partial charge in [0.05, 0.1) is 10.6 Å². The van der Waals surface area contributed by atoms with E-state index in [0.29, 0.717) is 16.4 Å². The molecule has 0 aliphatic rings. The largest absolute Gasteiger partial charge is 0.411 e. The molecule has 0 spiro atoms. The summed E-state index contributed by atoms with van der Waals surface area (Å²) in [6.07, 6.45) is 0. The van der Waals surface area contributed by atoms with Gasteiger partial charge in [-0.3, -0.25) is 9.20 Å². The van der Waals surface area contributed by atoms with Gasteiger partial charge in [0.1, 0.15) is 0 Å². The van der Waals surface area contributed by atoms with Crippen LogP contribution < -0.4 is 5.56 Å². The first-order valence-electron chi connectivity index (χ1n) is 4.73. The molecule has 5 nitrogen and oxygen atoms in total. The summed E-state index contributed by atoms with van der Waals surface area (Å²) < 4.78 is 1.53. The SMILES string of the molecule is C/C(=N/O)c1sc2nc(C)cc(=O)n2c1C. The van der Waals surface area contributed by atoms with Crippen molar-refractivity contribution < 1.29 is 5.21 Å². The van der Waals surface area contributed by atoms with Crippen LogP contribution in [0.25, 0.3) is 4.96 Å². The van der Waals surface area contributed by atoms with E-state index in [0.717, 1.165) is 10.6 Å². The Balaban J connectivity index is 2.89. The molecule has 0 saturated heterocycles. The molecule has 84 valence electrons. The summed E-state index contributed by atoms with van der Waals surface area (Å²) in [6.45, 7) is 5.28. The van der Waals surface area contributed by atoms with E-state index in [1.54, 1.807) is 13.8 Å². The Labute approximate surface area is 95.7 Å². The monoisotopic (exact) mass is 237 g/mol. The first-order valence-corrected chi connectivity index (χ1v) is 5.55. The Kier molecular flexibility index (Phi) is 2.51. The number of hydrogen-bond donors (Lipinski definition) is 1. The minimum absolute atomic E-state index is 0.103. The molecule has 0 saturated carbocycles. The highest BCUT2D eigenvalue weighted by Crippen LogP contribution is 2.20. The zero-order valence-electron chi connectivity index (χ0n) is 9.18. The maximum atomic E-state index is 11.8. The Morgan fingerprint density at radius 1 is 1.56 bits per heavy atom. The highest BCUT2D eigenvalue weighted by atomic mass is 32.1. The summed E-state index contributed by atoms with van der Waals surface area (Å²) in [5.41, 5.74) is 1.84. The van der Waals surface area contributed by atoms with E-state index in [1.807, 2.05) is 6.92 Å². The van der Waals surface area contributed by atoms with Crippen molar-refractivity contribution in [3.63, 3.8) is 0 Å².